The number of carbonyl (C=O) groups excluding carboxylic acids is 1. The fourth-order valence-electron chi connectivity index (χ4n) is 2.93. The van der Waals surface area contributed by atoms with E-state index in [0.717, 1.165) is 12.8 Å². The van der Waals surface area contributed by atoms with E-state index in [0.29, 0.717) is 12.3 Å². The zero-order valence-corrected chi connectivity index (χ0v) is 10.3. The molecule has 2 aliphatic carbocycles. The maximum Gasteiger partial charge on any atom is 0.307 e. The van der Waals surface area contributed by atoms with Gasteiger partial charge in [-0.1, -0.05) is 26.2 Å². The van der Waals surface area contributed by atoms with E-state index in [1.807, 2.05) is 0 Å². The molecule has 0 bridgehead atoms. The van der Waals surface area contributed by atoms with Gasteiger partial charge in [-0.2, -0.15) is 0 Å². The minimum absolute atomic E-state index is 0.0391. The van der Waals surface area contributed by atoms with Gasteiger partial charge >= 0.3 is 5.97 Å². The highest BCUT2D eigenvalue weighted by Crippen LogP contribution is 2.39. The Labute approximate surface area is 102 Å². The predicted molar refractivity (Wildman–Crippen MR) is 63.4 cm³/mol. The van der Waals surface area contributed by atoms with Crippen molar-refractivity contribution in [3.05, 3.63) is 0 Å². The van der Waals surface area contributed by atoms with E-state index in [1.54, 1.807) is 0 Å². The summed E-state index contributed by atoms with van der Waals surface area (Å²) in [5, 5.41) is 11.9. The van der Waals surface area contributed by atoms with Crippen molar-refractivity contribution in [3.8, 4) is 0 Å². The first kappa shape index (κ1) is 12.4. The van der Waals surface area contributed by atoms with Crippen molar-refractivity contribution < 1.29 is 14.7 Å². The Balaban J connectivity index is 1.84. The second-order valence-corrected chi connectivity index (χ2v) is 5.35. The van der Waals surface area contributed by atoms with E-state index >= 15 is 0 Å². The summed E-state index contributed by atoms with van der Waals surface area (Å²) in [6, 6.07) is 0.274. The van der Waals surface area contributed by atoms with Crippen molar-refractivity contribution >= 4 is 11.9 Å². The number of hydrogen-bond acceptors (Lipinski definition) is 2. The van der Waals surface area contributed by atoms with Crippen LogP contribution in [0.1, 0.15) is 45.4 Å². The van der Waals surface area contributed by atoms with Crippen LogP contribution in [0.4, 0.5) is 0 Å². The molecule has 4 heteroatoms. The first-order chi connectivity index (χ1) is 8.13. The molecular formula is C13H21NO3. The van der Waals surface area contributed by atoms with Crippen molar-refractivity contribution in [2.75, 3.05) is 0 Å². The number of nitrogens with one attached hydrogen (secondary N) is 1. The van der Waals surface area contributed by atoms with Gasteiger partial charge in [0.15, 0.2) is 0 Å². The maximum atomic E-state index is 11.9. The summed E-state index contributed by atoms with van der Waals surface area (Å²) in [6.45, 7) is 2.16. The van der Waals surface area contributed by atoms with Crippen LogP contribution in [0.2, 0.25) is 0 Å². The molecule has 2 rings (SSSR count). The average Bonchev–Trinajstić information content (AvgIpc) is 3.09. The van der Waals surface area contributed by atoms with Crippen LogP contribution in [-0.2, 0) is 9.59 Å². The van der Waals surface area contributed by atoms with Crippen LogP contribution in [0, 0.1) is 17.8 Å². The van der Waals surface area contributed by atoms with Gasteiger partial charge in [0.1, 0.15) is 0 Å². The lowest BCUT2D eigenvalue weighted by Crippen LogP contribution is -2.43. The Morgan fingerprint density at radius 2 is 1.94 bits per heavy atom. The molecule has 2 N–H and O–H groups in total. The molecule has 96 valence electrons. The highest BCUT2D eigenvalue weighted by Gasteiger charge is 2.48. The number of carboxylic acids is 1. The van der Waals surface area contributed by atoms with Crippen LogP contribution in [-0.4, -0.2) is 23.0 Å². The SMILES string of the molecule is CC[C@@H]1CCCC[C@H]1NC(=O)[C@@H]1C[C@H]1C(=O)O. The van der Waals surface area contributed by atoms with Crippen LogP contribution in [0.25, 0.3) is 0 Å². The smallest absolute Gasteiger partial charge is 0.307 e. The van der Waals surface area contributed by atoms with Gasteiger partial charge in [-0.25, -0.2) is 0 Å². The Hall–Kier alpha value is -1.06. The van der Waals surface area contributed by atoms with E-state index in [4.69, 9.17) is 5.11 Å². The Bertz CT molecular complexity index is 316. The quantitative estimate of drug-likeness (QED) is 0.786. The highest BCUT2D eigenvalue weighted by atomic mass is 16.4. The van der Waals surface area contributed by atoms with Crippen molar-refractivity contribution in [2.24, 2.45) is 17.8 Å². The first-order valence-electron chi connectivity index (χ1n) is 6.66. The average molecular weight is 239 g/mol. The standard InChI is InChI=1S/C13H21NO3/c1-2-8-5-3-4-6-11(8)14-12(15)9-7-10(9)13(16)17/h8-11H,2-7H2,1H3,(H,14,15)(H,16,17)/t8-,9-,10-,11-/m1/s1. The summed E-state index contributed by atoms with van der Waals surface area (Å²) in [5.41, 5.74) is 0. The van der Waals surface area contributed by atoms with Gasteiger partial charge < -0.3 is 10.4 Å². The third-order valence-corrected chi connectivity index (χ3v) is 4.21. The molecule has 0 radical (unpaired) electrons. The minimum atomic E-state index is -0.833. The van der Waals surface area contributed by atoms with E-state index in [9.17, 15) is 9.59 Å². The van der Waals surface area contributed by atoms with Crippen LogP contribution in [0.5, 0.6) is 0 Å². The summed E-state index contributed by atoms with van der Waals surface area (Å²) in [7, 11) is 0. The molecule has 0 aliphatic heterocycles. The molecule has 17 heavy (non-hydrogen) atoms. The predicted octanol–water partition coefficient (Wildman–Crippen LogP) is 1.79. The number of hydrogen-bond donors (Lipinski definition) is 2. The van der Waals surface area contributed by atoms with Crippen molar-refractivity contribution in [3.63, 3.8) is 0 Å². The van der Waals surface area contributed by atoms with Gasteiger partial charge in [-0.05, 0) is 25.2 Å². The lowest BCUT2D eigenvalue weighted by molar-refractivity contribution is -0.140. The van der Waals surface area contributed by atoms with Gasteiger partial charge in [-0.3, -0.25) is 9.59 Å². The molecule has 0 heterocycles. The maximum absolute atomic E-state index is 11.9. The lowest BCUT2D eigenvalue weighted by Gasteiger charge is -2.31. The van der Waals surface area contributed by atoms with Gasteiger partial charge in [-0.15, -0.1) is 0 Å². The van der Waals surface area contributed by atoms with Gasteiger partial charge in [0.2, 0.25) is 5.91 Å². The van der Waals surface area contributed by atoms with E-state index in [2.05, 4.69) is 12.2 Å². The lowest BCUT2D eigenvalue weighted by atomic mass is 9.83. The molecular weight excluding hydrogens is 218 g/mol. The molecule has 1 amide bonds. The molecule has 2 aliphatic rings. The highest BCUT2D eigenvalue weighted by molar-refractivity contribution is 5.89. The number of rotatable bonds is 4. The Kier molecular flexibility index (Phi) is 3.69. The van der Waals surface area contributed by atoms with E-state index in [1.165, 1.54) is 19.3 Å². The normalized spacial score (nSPS) is 36.3. The molecule has 0 unspecified atom stereocenters. The molecule has 0 saturated heterocycles. The summed E-state index contributed by atoms with van der Waals surface area (Å²) in [5.74, 6) is -0.996. The zero-order valence-electron chi connectivity index (χ0n) is 10.3. The molecule has 0 aromatic rings. The summed E-state index contributed by atoms with van der Waals surface area (Å²) >= 11 is 0. The monoisotopic (exact) mass is 239 g/mol. The number of amides is 1. The van der Waals surface area contributed by atoms with Crippen molar-refractivity contribution in [1.29, 1.82) is 0 Å². The van der Waals surface area contributed by atoms with Crippen LogP contribution in [0.3, 0.4) is 0 Å². The number of aliphatic carboxylic acids is 1. The molecule has 4 nitrogen and oxygen atoms in total. The summed E-state index contributed by atoms with van der Waals surface area (Å²) in [6.07, 6.45) is 6.28. The van der Waals surface area contributed by atoms with Crippen molar-refractivity contribution in [2.45, 2.75) is 51.5 Å². The fraction of sp³-hybridized carbons (Fsp3) is 0.846. The zero-order chi connectivity index (χ0) is 12.4. The largest absolute Gasteiger partial charge is 0.481 e. The first-order valence-corrected chi connectivity index (χ1v) is 6.66. The van der Waals surface area contributed by atoms with Crippen molar-refractivity contribution in [1.82, 2.24) is 5.32 Å². The van der Waals surface area contributed by atoms with Gasteiger partial charge in [0.05, 0.1) is 11.8 Å². The summed E-state index contributed by atoms with van der Waals surface area (Å²) < 4.78 is 0. The molecule has 0 aromatic heterocycles. The van der Waals surface area contributed by atoms with Crippen LogP contribution in [0.15, 0.2) is 0 Å². The Morgan fingerprint density at radius 1 is 1.24 bits per heavy atom. The fourth-order valence-corrected chi connectivity index (χ4v) is 2.93. The van der Waals surface area contributed by atoms with Gasteiger partial charge in [0, 0.05) is 6.04 Å². The third-order valence-electron chi connectivity index (χ3n) is 4.21. The topological polar surface area (TPSA) is 66.4 Å². The molecule has 2 saturated carbocycles. The Morgan fingerprint density at radius 3 is 2.53 bits per heavy atom. The van der Waals surface area contributed by atoms with E-state index in [-0.39, 0.29) is 17.9 Å². The van der Waals surface area contributed by atoms with E-state index < -0.39 is 11.9 Å². The van der Waals surface area contributed by atoms with Gasteiger partial charge in [0.25, 0.3) is 0 Å². The third kappa shape index (κ3) is 2.79. The molecule has 2 fully saturated rings. The number of carbonyl (C=O) groups is 2. The molecule has 4 atom stereocenters. The second kappa shape index (κ2) is 5.07. The van der Waals surface area contributed by atoms with Crippen LogP contribution >= 0.6 is 0 Å². The van der Waals surface area contributed by atoms with Crippen LogP contribution < -0.4 is 5.32 Å². The molecule has 0 aromatic carbocycles. The second-order valence-electron chi connectivity index (χ2n) is 5.35. The minimum Gasteiger partial charge on any atom is -0.481 e. The molecule has 0 spiro atoms. The summed E-state index contributed by atoms with van der Waals surface area (Å²) in [4.78, 5) is 22.6. The number of carboxylic acid groups (broad SMARTS) is 1.